The number of guanidine groups is 1. The minimum absolute atomic E-state index is 0. The van der Waals surface area contributed by atoms with Crippen LogP contribution in [0.5, 0.6) is 5.75 Å². The number of aromatic nitrogens is 1. The molecule has 1 fully saturated rings. The number of rotatable bonds is 8. The van der Waals surface area contributed by atoms with E-state index in [0.717, 1.165) is 56.5 Å². The second-order valence-electron chi connectivity index (χ2n) is 7.12. The molecule has 0 aliphatic carbocycles. The van der Waals surface area contributed by atoms with E-state index in [9.17, 15) is 5.11 Å². The highest BCUT2D eigenvalue weighted by molar-refractivity contribution is 14.0. The van der Waals surface area contributed by atoms with Crippen LogP contribution in [0.2, 0.25) is 5.02 Å². The number of aliphatic hydroxyl groups excluding tert-OH is 1. The largest absolute Gasteiger partial charge is 0.492 e. The Morgan fingerprint density at radius 3 is 2.48 bits per heavy atom. The zero-order valence-electron chi connectivity index (χ0n) is 17.8. The molecule has 1 aromatic heterocycles. The van der Waals surface area contributed by atoms with E-state index >= 15 is 0 Å². The predicted octanol–water partition coefficient (Wildman–Crippen LogP) is 3.05. The van der Waals surface area contributed by atoms with Crippen molar-refractivity contribution >= 4 is 41.5 Å². The Bertz CT molecular complexity index is 786. The second kappa shape index (κ2) is 13.7. The average Bonchev–Trinajstić information content (AvgIpc) is 2.79. The third kappa shape index (κ3) is 8.44. The third-order valence-corrected chi connectivity index (χ3v) is 5.25. The Kier molecular flexibility index (Phi) is 11.3. The predicted molar refractivity (Wildman–Crippen MR) is 136 cm³/mol. The fourth-order valence-electron chi connectivity index (χ4n) is 3.30. The van der Waals surface area contributed by atoms with Crippen molar-refractivity contribution in [2.24, 2.45) is 4.99 Å². The first-order valence-corrected chi connectivity index (χ1v) is 10.8. The van der Waals surface area contributed by atoms with Gasteiger partial charge in [-0.25, -0.2) is 0 Å². The number of ether oxygens (including phenoxy) is 1. The highest BCUT2D eigenvalue weighted by atomic mass is 127. The minimum atomic E-state index is -0.632. The SMILES string of the molecule is CCNC(=NCC(O)c1ccncc1)N1CCN(CCOc2ccc(Cl)cc2)CC1.I. The molecule has 0 amide bonds. The van der Waals surface area contributed by atoms with Crippen LogP contribution in [0.4, 0.5) is 0 Å². The van der Waals surface area contributed by atoms with Crippen LogP contribution < -0.4 is 10.1 Å². The summed E-state index contributed by atoms with van der Waals surface area (Å²) in [4.78, 5) is 13.3. The maximum Gasteiger partial charge on any atom is 0.194 e. The smallest absolute Gasteiger partial charge is 0.194 e. The van der Waals surface area contributed by atoms with Gasteiger partial charge in [-0.1, -0.05) is 11.6 Å². The van der Waals surface area contributed by atoms with Crippen LogP contribution in [0.1, 0.15) is 18.6 Å². The molecular weight excluding hydrogens is 529 g/mol. The molecule has 0 spiro atoms. The van der Waals surface area contributed by atoms with E-state index in [4.69, 9.17) is 16.3 Å². The van der Waals surface area contributed by atoms with Crippen molar-refractivity contribution in [2.75, 3.05) is 52.4 Å². The molecule has 2 heterocycles. The summed E-state index contributed by atoms with van der Waals surface area (Å²) in [6, 6.07) is 11.1. The monoisotopic (exact) mass is 559 g/mol. The summed E-state index contributed by atoms with van der Waals surface area (Å²) >= 11 is 5.90. The molecule has 0 saturated carbocycles. The first-order valence-electron chi connectivity index (χ1n) is 10.4. The molecule has 7 nitrogen and oxygen atoms in total. The van der Waals surface area contributed by atoms with Crippen LogP contribution in [0, 0.1) is 0 Å². The lowest BCUT2D eigenvalue weighted by molar-refractivity contribution is 0.151. The van der Waals surface area contributed by atoms with E-state index in [0.29, 0.717) is 18.2 Å². The molecule has 9 heteroatoms. The number of nitrogens with one attached hydrogen (secondary N) is 1. The van der Waals surface area contributed by atoms with Gasteiger partial charge in [0, 0.05) is 56.7 Å². The van der Waals surface area contributed by atoms with Crippen molar-refractivity contribution in [1.82, 2.24) is 20.1 Å². The normalized spacial score (nSPS) is 15.8. The topological polar surface area (TPSA) is 73.2 Å². The van der Waals surface area contributed by atoms with Gasteiger partial charge in [-0.05, 0) is 48.9 Å². The quantitative estimate of drug-likeness (QED) is 0.294. The molecule has 2 N–H and O–H groups in total. The lowest BCUT2D eigenvalue weighted by Gasteiger charge is -2.36. The van der Waals surface area contributed by atoms with Crippen molar-refractivity contribution in [2.45, 2.75) is 13.0 Å². The number of hydrogen-bond acceptors (Lipinski definition) is 5. The first-order chi connectivity index (χ1) is 14.7. The summed E-state index contributed by atoms with van der Waals surface area (Å²) in [7, 11) is 0. The summed E-state index contributed by atoms with van der Waals surface area (Å²) in [5.74, 6) is 1.69. The number of pyridine rings is 1. The highest BCUT2D eigenvalue weighted by Crippen LogP contribution is 2.15. The molecule has 1 unspecified atom stereocenters. The van der Waals surface area contributed by atoms with Crippen molar-refractivity contribution in [3.8, 4) is 5.75 Å². The van der Waals surface area contributed by atoms with Crippen molar-refractivity contribution in [3.05, 3.63) is 59.4 Å². The Morgan fingerprint density at radius 1 is 1.16 bits per heavy atom. The van der Waals surface area contributed by atoms with Crippen LogP contribution in [-0.4, -0.2) is 78.3 Å². The molecule has 1 aliphatic heterocycles. The van der Waals surface area contributed by atoms with E-state index in [2.05, 4.69) is 32.0 Å². The molecule has 3 rings (SSSR count). The molecule has 31 heavy (non-hydrogen) atoms. The molecule has 170 valence electrons. The fourth-order valence-corrected chi connectivity index (χ4v) is 3.42. The molecule has 2 aromatic rings. The van der Waals surface area contributed by atoms with Crippen molar-refractivity contribution in [1.29, 1.82) is 0 Å². The van der Waals surface area contributed by atoms with Crippen LogP contribution in [0.25, 0.3) is 0 Å². The van der Waals surface area contributed by atoms with Gasteiger partial charge in [-0.2, -0.15) is 0 Å². The van der Waals surface area contributed by atoms with Gasteiger partial charge in [0.15, 0.2) is 5.96 Å². The minimum Gasteiger partial charge on any atom is -0.492 e. The van der Waals surface area contributed by atoms with E-state index < -0.39 is 6.10 Å². The zero-order chi connectivity index (χ0) is 21.2. The number of piperazine rings is 1. The molecule has 1 aromatic carbocycles. The molecule has 1 aliphatic rings. The second-order valence-corrected chi connectivity index (χ2v) is 7.56. The number of aliphatic hydroxyl groups is 1. The number of benzene rings is 1. The van der Waals surface area contributed by atoms with Crippen LogP contribution >= 0.6 is 35.6 Å². The Labute approximate surface area is 206 Å². The first kappa shape index (κ1) is 25.6. The maximum absolute atomic E-state index is 10.4. The number of nitrogens with zero attached hydrogens (tertiary/aromatic N) is 4. The van der Waals surface area contributed by atoms with Gasteiger partial charge >= 0.3 is 0 Å². The number of hydrogen-bond donors (Lipinski definition) is 2. The molecule has 0 bridgehead atoms. The van der Waals surface area contributed by atoms with E-state index in [1.807, 2.05) is 36.4 Å². The van der Waals surface area contributed by atoms with Gasteiger partial charge in [-0.15, -0.1) is 24.0 Å². The summed E-state index contributed by atoms with van der Waals surface area (Å²) in [5.41, 5.74) is 0.829. The summed E-state index contributed by atoms with van der Waals surface area (Å²) < 4.78 is 5.80. The van der Waals surface area contributed by atoms with Gasteiger partial charge < -0.3 is 20.1 Å². The van der Waals surface area contributed by atoms with E-state index in [1.165, 1.54) is 0 Å². The molecule has 1 atom stereocenters. The zero-order valence-corrected chi connectivity index (χ0v) is 20.9. The Morgan fingerprint density at radius 2 is 1.84 bits per heavy atom. The van der Waals surface area contributed by atoms with Gasteiger partial charge in [0.1, 0.15) is 12.4 Å². The highest BCUT2D eigenvalue weighted by Gasteiger charge is 2.20. The van der Waals surface area contributed by atoms with Gasteiger partial charge in [0.05, 0.1) is 12.6 Å². The Hall–Kier alpha value is -1.62. The maximum atomic E-state index is 10.4. The van der Waals surface area contributed by atoms with Gasteiger partial charge in [0.25, 0.3) is 0 Å². The summed E-state index contributed by atoms with van der Waals surface area (Å²) in [5, 5.41) is 14.4. The standard InChI is InChI=1S/C22H30ClN5O2.HI/c1-2-25-22(26-17-21(29)18-7-9-24-10-8-18)28-13-11-27(12-14-28)15-16-30-20-5-3-19(23)4-6-20;/h3-10,21,29H,2,11-17H2,1H3,(H,25,26);1H. The van der Waals surface area contributed by atoms with Crippen molar-refractivity contribution in [3.63, 3.8) is 0 Å². The lowest BCUT2D eigenvalue weighted by Crippen LogP contribution is -2.53. The van der Waals surface area contributed by atoms with Gasteiger partial charge in [-0.3, -0.25) is 14.9 Å². The lowest BCUT2D eigenvalue weighted by atomic mass is 10.1. The number of halogens is 2. The van der Waals surface area contributed by atoms with Crippen LogP contribution in [0.3, 0.4) is 0 Å². The molecular formula is C22H31ClIN5O2. The summed E-state index contributed by atoms with van der Waals surface area (Å²) in [6.45, 7) is 8.36. The van der Waals surface area contributed by atoms with E-state index in [1.54, 1.807) is 12.4 Å². The van der Waals surface area contributed by atoms with E-state index in [-0.39, 0.29) is 24.0 Å². The summed E-state index contributed by atoms with van der Waals surface area (Å²) in [6.07, 6.45) is 2.74. The Balaban J connectivity index is 0.00000341. The van der Waals surface area contributed by atoms with Crippen LogP contribution in [0.15, 0.2) is 53.8 Å². The average molecular weight is 560 g/mol. The van der Waals surface area contributed by atoms with Crippen molar-refractivity contribution < 1.29 is 9.84 Å². The fraction of sp³-hybridized carbons (Fsp3) is 0.455. The molecule has 0 radical (unpaired) electrons. The van der Waals surface area contributed by atoms with Crippen LogP contribution in [-0.2, 0) is 0 Å². The molecule has 1 saturated heterocycles. The third-order valence-electron chi connectivity index (χ3n) is 5.00. The van der Waals surface area contributed by atoms with Gasteiger partial charge in [0.2, 0.25) is 0 Å². The number of aliphatic imine (C=N–C) groups is 1.